The summed E-state index contributed by atoms with van der Waals surface area (Å²) in [5.41, 5.74) is 10.6. The van der Waals surface area contributed by atoms with Gasteiger partial charge in [0.1, 0.15) is 12.5 Å². The van der Waals surface area contributed by atoms with Gasteiger partial charge in [0, 0.05) is 0 Å². The van der Waals surface area contributed by atoms with Gasteiger partial charge in [-0.25, -0.2) is 0 Å². The smallest absolute Gasteiger partial charge is 0.115 e. The number of aromatic hydroxyl groups is 1. The molecule has 5 N–H and O–H groups in total. The van der Waals surface area contributed by atoms with Crippen molar-refractivity contribution in [2.45, 2.75) is 25.7 Å². The summed E-state index contributed by atoms with van der Waals surface area (Å²) >= 11 is 0. The van der Waals surface area contributed by atoms with E-state index in [0.29, 0.717) is 5.75 Å². The molecule has 0 aliphatic carbocycles. The normalized spacial score (nSPS) is 8.35. The van der Waals surface area contributed by atoms with E-state index in [2.05, 4.69) is 0 Å². The average Bonchev–Trinajstić information content (AvgIpc) is 2.39. The summed E-state index contributed by atoms with van der Waals surface area (Å²) < 4.78 is 0. The monoisotopic (exact) mass is 240 g/mol. The quantitative estimate of drug-likeness (QED) is 0.683. The van der Waals surface area contributed by atoms with Crippen LogP contribution < -0.4 is 11.5 Å². The van der Waals surface area contributed by atoms with Gasteiger partial charge < -0.3 is 21.4 Å². The number of phenolic OH excluding ortho intramolecular Hbond substituents is 1. The lowest BCUT2D eigenvalue weighted by molar-refractivity contribution is -0.0979. The summed E-state index contributed by atoms with van der Waals surface area (Å²) in [6.45, 7) is 3.65. The van der Waals surface area contributed by atoms with E-state index in [9.17, 15) is 0 Å². The van der Waals surface area contributed by atoms with Crippen molar-refractivity contribution in [3.63, 3.8) is 0 Å². The molecule has 0 radical (unpaired) electrons. The number of unbranched alkanes of at least 4 members (excludes halogenated alkanes) is 3. The first-order valence-electron chi connectivity index (χ1n) is 5.74. The minimum Gasteiger partial charge on any atom is -0.508 e. The Morgan fingerprint density at radius 2 is 1.29 bits per heavy atom. The molecule has 0 aliphatic heterocycles. The number of hydrogen-bond acceptors (Lipinski definition) is 4. The molecule has 0 unspecified atom stereocenters. The second-order valence-corrected chi connectivity index (χ2v) is 3.33. The number of carbonyl (C=O) groups excluding carboxylic acids is 1. The van der Waals surface area contributed by atoms with E-state index in [0.717, 1.165) is 25.9 Å². The van der Waals surface area contributed by atoms with Crippen LogP contribution in [0.25, 0.3) is 0 Å². The van der Waals surface area contributed by atoms with Crippen LogP contribution in [0.2, 0.25) is 0 Å². The van der Waals surface area contributed by atoms with E-state index in [1.807, 2.05) is 12.9 Å². The fraction of sp³-hybridized carbons (Fsp3) is 0.462. The number of phenols is 1. The zero-order valence-electron chi connectivity index (χ0n) is 10.3. The average molecular weight is 240 g/mol. The highest BCUT2D eigenvalue weighted by Gasteiger charge is 1.83. The zero-order valence-corrected chi connectivity index (χ0v) is 10.3. The van der Waals surface area contributed by atoms with E-state index in [1.165, 1.54) is 12.8 Å². The van der Waals surface area contributed by atoms with Crippen LogP contribution in [0, 0.1) is 0 Å². The highest BCUT2D eigenvalue weighted by molar-refractivity contribution is 5.18. The molecule has 0 heterocycles. The molecule has 0 aliphatic rings. The van der Waals surface area contributed by atoms with Crippen molar-refractivity contribution in [3.05, 3.63) is 30.3 Å². The molecule has 0 saturated carbocycles. The Labute approximate surface area is 104 Å². The number of benzene rings is 1. The first-order chi connectivity index (χ1) is 8.31. The zero-order chi connectivity index (χ0) is 13.4. The lowest BCUT2D eigenvalue weighted by atomic mass is 10.2. The van der Waals surface area contributed by atoms with Crippen LogP contribution in [0.1, 0.15) is 25.7 Å². The molecule has 0 fully saturated rings. The molecule has 1 rings (SSSR count). The number of hydrogen-bond donors (Lipinski definition) is 3. The summed E-state index contributed by atoms with van der Waals surface area (Å²) in [5, 5.41) is 8.63. The van der Waals surface area contributed by atoms with Crippen LogP contribution in [0.3, 0.4) is 0 Å². The SMILES string of the molecule is C=O.NCCCCCCN.Oc1ccccc1. The first-order valence-corrected chi connectivity index (χ1v) is 5.74. The third kappa shape index (κ3) is 17.2. The van der Waals surface area contributed by atoms with E-state index in [4.69, 9.17) is 21.4 Å². The van der Waals surface area contributed by atoms with Gasteiger partial charge in [0.25, 0.3) is 0 Å². The maximum Gasteiger partial charge on any atom is 0.115 e. The molecule has 98 valence electrons. The van der Waals surface area contributed by atoms with Gasteiger partial charge in [-0.15, -0.1) is 0 Å². The van der Waals surface area contributed by atoms with Gasteiger partial charge in [-0.1, -0.05) is 31.0 Å². The van der Waals surface area contributed by atoms with Gasteiger partial charge in [-0.2, -0.15) is 0 Å². The van der Waals surface area contributed by atoms with Crippen LogP contribution in [0.5, 0.6) is 5.75 Å². The highest BCUT2D eigenvalue weighted by Crippen LogP contribution is 2.02. The molecule has 0 amide bonds. The van der Waals surface area contributed by atoms with Crippen LogP contribution in [-0.2, 0) is 4.79 Å². The topological polar surface area (TPSA) is 89.3 Å². The van der Waals surface area contributed by atoms with Crippen LogP contribution >= 0.6 is 0 Å². The molecule has 1 aromatic carbocycles. The molecule has 0 aromatic heterocycles. The Hall–Kier alpha value is -1.39. The number of nitrogens with two attached hydrogens (primary N) is 2. The predicted octanol–water partition coefficient (Wildman–Crippen LogP) is 1.67. The number of rotatable bonds is 5. The van der Waals surface area contributed by atoms with Crippen molar-refractivity contribution < 1.29 is 9.90 Å². The molecule has 4 nitrogen and oxygen atoms in total. The standard InChI is InChI=1S/C6H16N2.C6H6O.CH2O/c7-5-3-1-2-4-6-8;7-6-4-2-1-3-5-6;1-2/h1-8H2;1-5,7H;1H2. The Morgan fingerprint density at radius 1 is 0.882 bits per heavy atom. The van der Waals surface area contributed by atoms with Crippen LogP contribution in [0.15, 0.2) is 30.3 Å². The molecule has 1 aromatic rings. The molecule has 0 atom stereocenters. The van der Waals surface area contributed by atoms with Gasteiger partial charge in [-0.05, 0) is 38.1 Å². The summed E-state index contributed by atoms with van der Waals surface area (Å²) in [5.74, 6) is 0.322. The van der Waals surface area contributed by atoms with Gasteiger partial charge in [0.05, 0.1) is 0 Å². The van der Waals surface area contributed by atoms with E-state index in [1.54, 1.807) is 24.3 Å². The predicted molar refractivity (Wildman–Crippen MR) is 71.8 cm³/mol. The van der Waals surface area contributed by atoms with Crippen molar-refractivity contribution in [1.29, 1.82) is 0 Å². The minimum absolute atomic E-state index is 0.322. The minimum atomic E-state index is 0.322. The fourth-order valence-corrected chi connectivity index (χ4v) is 1.07. The molecule has 4 heteroatoms. The number of para-hydroxylation sites is 1. The van der Waals surface area contributed by atoms with E-state index >= 15 is 0 Å². The van der Waals surface area contributed by atoms with Crippen molar-refractivity contribution in [2.75, 3.05) is 13.1 Å². The number of carbonyl (C=O) groups is 1. The van der Waals surface area contributed by atoms with E-state index < -0.39 is 0 Å². The van der Waals surface area contributed by atoms with Gasteiger partial charge in [-0.3, -0.25) is 0 Å². The molecule has 0 spiro atoms. The maximum atomic E-state index is 8.63. The molecular formula is C13H24N2O2. The summed E-state index contributed by atoms with van der Waals surface area (Å²) in [6.07, 6.45) is 4.79. The Morgan fingerprint density at radius 3 is 1.53 bits per heavy atom. The summed E-state index contributed by atoms with van der Waals surface area (Å²) in [6, 6.07) is 8.71. The van der Waals surface area contributed by atoms with Crippen molar-refractivity contribution in [3.8, 4) is 5.75 Å². The highest BCUT2D eigenvalue weighted by atomic mass is 16.3. The lowest BCUT2D eigenvalue weighted by Crippen LogP contribution is -2.00. The van der Waals surface area contributed by atoms with Crippen LogP contribution in [0.4, 0.5) is 0 Å². The Balaban J connectivity index is 0. The summed E-state index contributed by atoms with van der Waals surface area (Å²) in [7, 11) is 0. The van der Waals surface area contributed by atoms with E-state index in [-0.39, 0.29) is 0 Å². The van der Waals surface area contributed by atoms with Gasteiger partial charge >= 0.3 is 0 Å². The Kier molecular flexibility index (Phi) is 18.0. The van der Waals surface area contributed by atoms with Gasteiger partial charge in [0.15, 0.2) is 0 Å². The van der Waals surface area contributed by atoms with Crippen molar-refractivity contribution in [1.82, 2.24) is 0 Å². The second kappa shape index (κ2) is 17.0. The summed E-state index contributed by atoms with van der Waals surface area (Å²) in [4.78, 5) is 8.00. The molecular weight excluding hydrogens is 216 g/mol. The third-order valence-electron chi connectivity index (χ3n) is 1.91. The first kappa shape index (κ1) is 18.0. The molecule has 17 heavy (non-hydrogen) atoms. The van der Waals surface area contributed by atoms with Crippen molar-refractivity contribution in [2.24, 2.45) is 11.5 Å². The molecule has 0 saturated heterocycles. The van der Waals surface area contributed by atoms with Gasteiger partial charge in [0.2, 0.25) is 0 Å². The molecule has 0 bridgehead atoms. The Bertz CT molecular complexity index is 224. The maximum absolute atomic E-state index is 8.63. The largest absolute Gasteiger partial charge is 0.508 e. The third-order valence-corrected chi connectivity index (χ3v) is 1.91. The second-order valence-electron chi connectivity index (χ2n) is 3.33. The fourth-order valence-electron chi connectivity index (χ4n) is 1.07. The van der Waals surface area contributed by atoms with Crippen molar-refractivity contribution >= 4 is 6.79 Å². The lowest BCUT2D eigenvalue weighted by Gasteiger charge is -1.94. The van der Waals surface area contributed by atoms with Crippen LogP contribution in [-0.4, -0.2) is 25.0 Å².